The molecule has 0 aliphatic heterocycles. The number of hydrogen-bond acceptors (Lipinski definition) is 5. The van der Waals surface area contributed by atoms with Crippen LogP contribution in [0.3, 0.4) is 0 Å². The predicted octanol–water partition coefficient (Wildman–Crippen LogP) is 0.890. The highest BCUT2D eigenvalue weighted by Crippen LogP contribution is 2.09. The zero-order valence-electron chi connectivity index (χ0n) is 10.5. The maximum absolute atomic E-state index is 11.8. The average Bonchev–Trinajstić information content (AvgIpc) is 2.45. The van der Waals surface area contributed by atoms with Gasteiger partial charge >= 0.3 is 11.9 Å². The molecule has 100 valence electrons. The Morgan fingerprint density at radius 2 is 1.68 bits per heavy atom. The molecule has 0 aromatic heterocycles. The molecule has 1 rings (SSSR count). The van der Waals surface area contributed by atoms with Crippen molar-refractivity contribution in [2.75, 3.05) is 14.2 Å². The summed E-state index contributed by atoms with van der Waals surface area (Å²) in [4.78, 5) is 34.1. The van der Waals surface area contributed by atoms with Gasteiger partial charge < -0.3 is 14.8 Å². The van der Waals surface area contributed by atoms with E-state index in [-0.39, 0.29) is 11.1 Å². The lowest BCUT2D eigenvalue weighted by Crippen LogP contribution is -2.21. The molecule has 1 N–H and O–H groups in total. The number of rotatable bonds is 4. The molecule has 6 nitrogen and oxygen atoms in total. The fourth-order valence-electron chi connectivity index (χ4n) is 1.30. The molecular formula is C13H13NO5. The van der Waals surface area contributed by atoms with Gasteiger partial charge in [0.15, 0.2) is 0 Å². The van der Waals surface area contributed by atoms with Gasteiger partial charge in [-0.05, 0) is 12.1 Å². The Morgan fingerprint density at radius 3 is 2.26 bits per heavy atom. The second kappa shape index (κ2) is 6.95. The van der Waals surface area contributed by atoms with Crippen LogP contribution in [0.5, 0.6) is 0 Å². The highest BCUT2D eigenvalue weighted by atomic mass is 16.5. The molecule has 0 fully saturated rings. The number of hydrogen-bond donors (Lipinski definition) is 1. The largest absolute Gasteiger partial charge is 0.466 e. The van der Waals surface area contributed by atoms with E-state index in [1.807, 2.05) is 0 Å². The summed E-state index contributed by atoms with van der Waals surface area (Å²) in [5.41, 5.74) is 0.304. The number of esters is 2. The summed E-state index contributed by atoms with van der Waals surface area (Å²) >= 11 is 0. The van der Waals surface area contributed by atoms with Crippen LogP contribution in [-0.4, -0.2) is 32.1 Å². The minimum absolute atomic E-state index is 0.147. The minimum atomic E-state index is -0.609. The maximum atomic E-state index is 11.8. The van der Waals surface area contributed by atoms with Crippen molar-refractivity contribution >= 4 is 17.8 Å². The Morgan fingerprint density at radius 1 is 1.05 bits per heavy atom. The highest BCUT2D eigenvalue weighted by molar-refractivity contribution is 6.05. The van der Waals surface area contributed by atoms with E-state index in [9.17, 15) is 14.4 Å². The first-order valence-electron chi connectivity index (χ1n) is 5.33. The van der Waals surface area contributed by atoms with Gasteiger partial charge in [0.1, 0.15) is 0 Å². The SMILES string of the molecule is COC(=O)/C=C\NC(=O)c1ccccc1C(=O)OC. The number of carbonyl (C=O) groups is 3. The first kappa shape index (κ1) is 14.4. The van der Waals surface area contributed by atoms with Gasteiger partial charge in [-0.15, -0.1) is 0 Å². The number of amides is 1. The van der Waals surface area contributed by atoms with Crippen LogP contribution in [0.4, 0.5) is 0 Å². The van der Waals surface area contributed by atoms with Gasteiger partial charge in [0.05, 0.1) is 25.3 Å². The number of methoxy groups -OCH3 is 2. The Labute approximate surface area is 110 Å². The van der Waals surface area contributed by atoms with Crippen LogP contribution in [0.2, 0.25) is 0 Å². The molecule has 0 aliphatic carbocycles. The van der Waals surface area contributed by atoms with Crippen LogP contribution in [0, 0.1) is 0 Å². The van der Waals surface area contributed by atoms with E-state index < -0.39 is 17.8 Å². The first-order chi connectivity index (χ1) is 9.10. The minimum Gasteiger partial charge on any atom is -0.466 e. The highest BCUT2D eigenvalue weighted by Gasteiger charge is 2.15. The van der Waals surface area contributed by atoms with Crippen LogP contribution in [-0.2, 0) is 14.3 Å². The van der Waals surface area contributed by atoms with Crippen molar-refractivity contribution < 1.29 is 23.9 Å². The van der Waals surface area contributed by atoms with Crippen molar-refractivity contribution in [3.05, 3.63) is 47.7 Å². The molecule has 0 saturated carbocycles. The van der Waals surface area contributed by atoms with Gasteiger partial charge in [0.25, 0.3) is 5.91 Å². The molecule has 0 spiro atoms. The molecule has 0 saturated heterocycles. The van der Waals surface area contributed by atoms with Crippen molar-refractivity contribution in [3.63, 3.8) is 0 Å². The van der Waals surface area contributed by atoms with Crippen molar-refractivity contribution in [3.8, 4) is 0 Å². The summed E-state index contributed by atoms with van der Waals surface area (Å²) in [5.74, 6) is -1.73. The van der Waals surface area contributed by atoms with Crippen LogP contribution < -0.4 is 5.32 Å². The molecule has 0 heterocycles. The van der Waals surface area contributed by atoms with E-state index in [1.54, 1.807) is 12.1 Å². The van der Waals surface area contributed by atoms with Gasteiger partial charge in [-0.25, -0.2) is 9.59 Å². The number of benzene rings is 1. The molecule has 1 amide bonds. The van der Waals surface area contributed by atoms with Gasteiger partial charge in [-0.1, -0.05) is 12.1 Å². The summed E-state index contributed by atoms with van der Waals surface area (Å²) < 4.78 is 8.94. The summed E-state index contributed by atoms with van der Waals surface area (Å²) in [5, 5.41) is 2.36. The zero-order valence-corrected chi connectivity index (χ0v) is 10.5. The first-order valence-corrected chi connectivity index (χ1v) is 5.33. The van der Waals surface area contributed by atoms with Gasteiger partial charge in [0.2, 0.25) is 0 Å². The number of nitrogens with one attached hydrogen (secondary N) is 1. The molecule has 6 heteroatoms. The lowest BCUT2D eigenvalue weighted by atomic mass is 10.1. The summed E-state index contributed by atoms with van der Waals surface area (Å²) in [6.07, 6.45) is 2.20. The van der Waals surface area contributed by atoms with E-state index in [0.717, 1.165) is 12.3 Å². The van der Waals surface area contributed by atoms with E-state index in [1.165, 1.54) is 26.4 Å². The zero-order chi connectivity index (χ0) is 14.3. The van der Waals surface area contributed by atoms with Crippen LogP contribution in [0.15, 0.2) is 36.5 Å². The standard InChI is InChI=1S/C13H13NO5/c1-18-11(15)7-8-14-12(16)9-5-3-4-6-10(9)13(17)19-2/h3-8H,1-2H3,(H,14,16)/b8-7-. The van der Waals surface area contributed by atoms with Crippen molar-refractivity contribution in [1.29, 1.82) is 0 Å². The molecule has 0 aliphatic rings. The van der Waals surface area contributed by atoms with Crippen LogP contribution in [0.1, 0.15) is 20.7 Å². The molecule has 1 aromatic carbocycles. The van der Waals surface area contributed by atoms with Crippen molar-refractivity contribution in [2.24, 2.45) is 0 Å². The van der Waals surface area contributed by atoms with E-state index >= 15 is 0 Å². The van der Waals surface area contributed by atoms with E-state index in [0.29, 0.717) is 0 Å². The molecular weight excluding hydrogens is 250 g/mol. The lowest BCUT2D eigenvalue weighted by Gasteiger charge is -2.06. The van der Waals surface area contributed by atoms with Crippen LogP contribution >= 0.6 is 0 Å². The second-order valence-electron chi connectivity index (χ2n) is 3.37. The predicted molar refractivity (Wildman–Crippen MR) is 66.4 cm³/mol. The third kappa shape index (κ3) is 3.95. The van der Waals surface area contributed by atoms with Crippen molar-refractivity contribution in [2.45, 2.75) is 0 Å². The van der Waals surface area contributed by atoms with Gasteiger partial charge in [0, 0.05) is 12.3 Å². The molecule has 0 bridgehead atoms. The Kier molecular flexibility index (Phi) is 5.28. The summed E-state index contributed by atoms with van der Waals surface area (Å²) in [6.45, 7) is 0. The van der Waals surface area contributed by atoms with Crippen LogP contribution in [0.25, 0.3) is 0 Å². The summed E-state index contributed by atoms with van der Waals surface area (Å²) in [6, 6.07) is 6.19. The topological polar surface area (TPSA) is 81.7 Å². The Hall–Kier alpha value is -2.63. The maximum Gasteiger partial charge on any atom is 0.338 e. The smallest absolute Gasteiger partial charge is 0.338 e. The van der Waals surface area contributed by atoms with Gasteiger partial charge in [-0.3, -0.25) is 4.79 Å². The third-order valence-corrected chi connectivity index (χ3v) is 2.21. The average molecular weight is 263 g/mol. The number of carbonyl (C=O) groups excluding carboxylic acids is 3. The molecule has 1 aromatic rings. The third-order valence-electron chi connectivity index (χ3n) is 2.21. The molecule has 0 atom stereocenters. The quantitative estimate of drug-likeness (QED) is 0.644. The second-order valence-corrected chi connectivity index (χ2v) is 3.37. The Balaban J connectivity index is 2.85. The van der Waals surface area contributed by atoms with E-state index in [2.05, 4.69) is 14.8 Å². The van der Waals surface area contributed by atoms with Crippen molar-refractivity contribution in [1.82, 2.24) is 5.32 Å². The normalized spacial score (nSPS) is 10.0. The summed E-state index contributed by atoms with van der Waals surface area (Å²) in [7, 11) is 2.45. The van der Waals surface area contributed by atoms with E-state index in [4.69, 9.17) is 0 Å². The van der Waals surface area contributed by atoms with Gasteiger partial charge in [-0.2, -0.15) is 0 Å². The lowest BCUT2D eigenvalue weighted by molar-refractivity contribution is -0.134. The number of ether oxygens (including phenoxy) is 2. The fourth-order valence-corrected chi connectivity index (χ4v) is 1.30. The molecule has 0 radical (unpaired) electrons. The monoisotopic (exact) mass is 263 g/mol. The fraction of sp³-hybridized carbons (Fsp3) is 0.154. The Bertz CT molecular complexity index is 522. The molecule has 19 heavy (non-hydrogen) atoms. The molecule has 0 unspecified atom stereocenters.